The number of rotatable bonds is 2. The topological polar surface area (TPSA) is 58.2 Å². The summed E-state index contributed by atoms with van der Waals surface area (Å²) in [5, 5.41) is 5.75. The molecule has 0 aromatic heterocycles. The average Bonchev–Trinajstić information content (AvgIpc) is 2.62. The monoisotopic (exact) mass is 318 g/mol. The number of allylic oxidation sites excluding steroid dienone is 1. The van der Waals surface area contributed by atoms with Gasteiger partial charge in [0.05, 0.1) is 6.04 Å². The van der Waals surface area contributed by atoms with Gasteiger partial charge in [-0.15, -0.1) is 0 Å². The smallest absolute Gasteiger partial charge is 0.319 e. The molecule has 2 amide bonds. The number of urea groups is 1. The Morgan fingerprint density at radius 2 is 1.42 bits per heavy atom. The van der Waals surface area contributed by atoms with E-state index >= 15 is 0 Å². The quantitative estimate of drug-likeness (QED) is 0.891. The molecule has 0 fully saturated rings. The molecule has 1 aliphatic heterocycles. The number of carbonyl (C=O) groups is 2. The number of carbonyl (C=O) groups excluding carboxylic acids is 2. The molecule has 2 aromatic rings. The van der Waals surface area contributed by atoms with Crippen molar-refractivity contribution in [2.45, 2.75) is 24.8 Å². The number of hydrogen-bond acceptors (Lipinski definition) is 2. The molecule has 2 aromatic carbocycles. The summed E-state index contributed by atoms with van der Waals surface area (Å²) in [7, 11) is 0. The first-order chi connectivity index (χ1) is 11.7. The van der Waals surface area contributed by atoms with Crippen LogP contribution in [0.5, 0.6) is 0 Å². The standard InChI is InChI=1S/C20H18N2O2/c23-17-12-15(13-7-3-1-4-8-13)11-16-18(17)19(22-20(24)21-16)14-9-5-2-6-10-14/h1-10,15,19H,11-12H2,(H2,21,22,24). The third-order valence-corrected chi connectivity index (χ3v) is 4.74. The predicted molar refractivity (Wildman–Crippen MR) is 91.3 cm³/mol. The van der Waals surface area contributed by atoms with Crippen molar-refractivity contribution in [1.29, 1.82) is 0 Å². The summed E-state index contributed by atoms with van der Waals surface area (Å²) in [6, 6.07) is 19.1. The fraction of sp³-hybridized carbons (Fsp3) is 0.200. The van der Waals surface area contributed by atoms with Gasteiger partial charge in [-0.1, -0.05) is 60.7 Å². The van der Waals surface area contributed by atoms with Crippen LogP contribution in [0.25, 0.3) is 0 Å². The normalized spacial score (nSPS) is 23.3. The third-order valence-electron chi connectivity index (χ3n) is 4.74. The average molecular weight is 318 g/mol. The Morgan fingerprint density at radius 1 is 0.792 bits per heavy atom. The van der Waals surface area contributed by atoms with E-state index in [0.717, 1.165) is 16.8 Å². The van der Waals surface area contributed by atoms with Crippen LogP contribution in [0.15, 0.2) is 71.9 Å². The molecule has 4 rings (SSSR count). The lowest BCUT2D eigenvalue weighted by atomic mass is 9.78. The van der Waals surface area contributed by atoms with Crippen LogP contribution in [0, 0.1) is 0 Å². The lowest BCUT2D eigenvalue weighted by molar-refractivity contribution is -0.116. The second-order valence-electron chi connectivity index (χ2n) is 6.27. The van der Waals surface area contributed by atoms with Gasteiger partial charge in [0.15, 0.2) is 5.78 Å². The molecule has 2 aliphatic rings. The summed E-state index contributed by atoms with van der Waals surface area (Å²) < 4.78 is 0. The fourth-order valence-electron chi connectivity index (χ4n) is 3.62. The highest BCUT2D eigenvalue weighted by Gasteiger charge is 2.37. The Labute approximate surface area is 140 Å². The first-order valence-corrected chi connectivity index (χ1v) is 8.16. The first kappa shape index (κ1) is 14.7. The van der Waals surface area contributed by atoms with Crippen LogP contribution in [0.3, 0.4) is 0 Å². The van der Waals surface area contributed by atoms with Crippen molar-refractivity contribution in [3.8, 4) is 0 Å². The zero-order valence-corrected chi connectivity index (χ0v) is 13.2. The van der Waals surface area contributed by atoms with E-state index in [1.165, 1.54) is 0 Å². The lowest BCUT2D eigenvalue weighted by Gasteiger charge is -2.35. The van der Waals surface area contributed by atoms with E-state index in [1.807, 2.05) is 60.7 Å². The van der Waals surface area contributed by atoms with Crippen LogP contribution in [0.2, 0.25) is 0 Å². The van der Waals surface area contributed by atoms with Gasteiger partial charge in [0, 0.05) is 17.7 Å². The SMILES string of the molecule is O=C1NC2=C(C(=O)CC(c3ccccc3)C2)C(c2ccccc2)N1. The molecule has 0 radical (unpaired) electrons. The maximum Gasteiger partial charge on any atom is 0.319 e. The summed E-state index contributed by atoms with van der Waals surface area (Å²) in [6.45, 7) is 0. The number of benzene rings is 2. The zero-order valence-electron chi connectivity index (χ0n) is 13.2. The highest BCUT2D eigenvalue weighted by Crippen LogP contribution is 2.39. The van der Waals surface area contributed by atoms with Crippen molar-refractivity contribution in [1.82, 2.24) is 10.6 Å². The Hall–Kier alpha value is -2.88. The van der Waals surface area contributed by atoms with E-state index in [-0.39, 0.29) is 23.8 Å². The Bertz CT molecular complexity index is 812. The highest BCUT2D eigenvalue weighted by atomic mass is 16.2. The molecular weight excluding hydrogens is 300 g/mol. The molecule has 1 aliphatic carbocycles. The van der Waals surface area contributed by atoms with Crippen LogP contribution in [0.4, 0.5) is 4.79 Å². The molecule has 0 saturated carbocycles. The third kappa shape index (κ3) is 2.60. The molecule has 0 saturated heterocycles. The molecule has 24 heavy (non-hydrogen) atoms. The van der Waals surface area contributed by atoms with Crippen LogP contribution in [-0.4, -0.2) is 11.8 Å². The molecule has 0 bridgehead atoms. The molecular formula is C20H18N2O2. The molecule has 0 spiro atoms. The lowest BCUT2D eigenvalue weighted by Crippen LogP contribution is -2.47. The maximum absolute atomic E-state index is 12.9. The molecule has 2 unspecified atom stereocenters. The number of ketones is 1. The van der Waals surface area contributed by atoms with Crippen molar-refractivity contribution < 1.29 is 9.59 Å². The number of nitrogens with one attached hydrogen (secondary N) is 2. The van der Waals surface area contributed by atoms with Crippen LogP contribution in [-0.2, 0) is 4.79 Å². The summed E-state index contributed by atoms with van der Waals surface area (Å²) in [6.07, 6.45) is 1.16. The van der Waals surface area contributed by atoms with Crippen LogP contribution >= 0.6 is 0 Å². The van der Waals surface area contributed by atoms with Gasteiger partial charge in [-0.2, -0.15) is 0 Å². The van der Waals surface area contributed by atoms with Crippen molar-refractivity contribution in [3.05, 3.63) is 83.1 Å². The number of amides is 2. The highest BCUT2D eigenvalue weighted by molar-refractivity contribution is 6.01. The van der Waals surface area contributed by atoms with Gasteiger partial charge >= 0.3 is 6.03 Å². The van der Waals surface area contributed by atoms with E-state index < -0.39 is 0 Å². The van der Waals surface area contributed by atoms with Gasteiger partial charge in [-0.25, -0.2) is 4.79 Å². The summed E-state index contributed by atoms with van der Waals surface area (Å²) >= 11 is 0. The van der Waals surface area contributed by atoms with Gasteiger partial charge in [0.1, 0.15) is 0 Å². The van der Waals surface area contributed by atoms with Crippen molar-refractivity contribution in [2.24, 2.45) is 0 Å². The Balaban J connectivity index is 1.72. The van der Waals surface area contributed by atoms with Crippen LogP contribution < -0.4 is 10.6 Å². The number of hydrogen-bond donors (Lipinski definition) is 2. The predicted octanol–water partition coefficient (Wildman–Crippen LogP) is 3.44. The minimum Gasteiger partial charge on any atom is -0.327 e. The fourth-order valence-corrected chi connectivity index (χ4v) is 3.62. The van der Waals surface area contributed by atoms with Crippen molar-refractivity contribution in [3.63, 3.8) is 0 Å². The second kappa shape index (κ2) is 5.96. The van der Waals surface area contributed by atoms with E-state index in [1.54, 1.807) is 0 Å². The molecule has 4 heteroatoms. The minimum absolute atomic E-state index is 0.103. The molecule has 1 heterocycles. The van der Waals surface area contributed by atoms with E-state index in [4.69, 9.17) is 0 Å². The van der Waals surface area contributed by atoms with Crippen LogP contribution in [0.1, 0.15) is 35.9 Å². The molecule has 2 N–H and O–H groups in total. The zero-order chi connectivity index (χ0) is 16.5. The van der Waals surface area contributed by atoms with Gasteiger partial charge in [0.25, 0.3) is 0 Å². The molecule has 120 valence electrons. The number of Topliss-reactive ketones (excluding diaryl/α,β-unsaturated/α-hetero) is 1. The second-order valence-corrected chi connectivity index (χ2v) is 6.27. The first-order valence-electron chi connectivity index (χ1n) is 8.16. The Morgan fingerprint density at radius 3 is 2.08 bits per heavy atom. The molecule has 2 atom stereocenters. The van der Waals surface area contributed by atoms with Gasteiger partial charge in [-0.3, -0.25) is 4.79 Å². The van der Waals surface area contributed by atoms with Gasteiger partial charge in [-0.05, 0) is 23.5 Å². The van der Waals surface area contributed by atoms with Crippen molar-refractivity contribution >= 4 is 11.8 Å². The van der Waals surface area contributed by atoms with E-state index in [0.29, 0.717) is 18.4 Å². The van der Waals surface area contributed by atoms with E-state index in [9.17, 15) is 9.59 Å². The summed E-state index contributed by atoms with van der Waals surface area (Å²) in [5.74, 6) is 0.221. The maximum atomic E-state index is 12.9. The van der Waals surface area contributed by atoms with E-state index in [2.05, 4.69) is 10.6 Å². The van der Waals surface area contributed by atoms with Gasteiger partial charge in [0.2, 0.25) is 0 Å². The molecule has 4 nitrogen and oxygen atoms in total. The summed E-state index contributed by atoms with van der Waals surface area (Å²) in [4.78, 5) is 24.9. The Kier molecular flexibility index (Phi) is 3.65. The minimum atomic E-state index is -0.362. The largest absolute Gasteiger partial charge is 0.327 e. The van der Waals surface area contributed by atoms with Gasteiger partial charge < -0.3 is 10.6 Å². The summed E-state index contributed by atoms with van der Waals surface area (Å²) in [5.41, 5.74) is 3.54. The van der Waals surface area contributed by atoms with Crippen molar-refractivity contribution in [2.75, 3.05) is 0 Å².